The van der Waals surface area contributed by atoms with Crippen LogP contribution in [-0.2, 0) is 11.3 Å². The average molecular weight is 347 g/mol. The first-order valence-corrected chi connectivity index (χ1v) is 8.16. The van der Waals surface area contributed by atoms with Gasteiger partial charge in [0.05, 0.1) is 25.1 Å². The summed E-state index contributed by atoms with van der Waals surface area (Å²) in [5, 5.41) is 14.4. The highest BCUT2D eigenvalue weighted by Gasteiger charge is 2.15. The maximum Gasteiger partial charge on any atom is 0.411 e. The number of aliphatic hydroxyl groups is 1. The number of carbonyl (C=O) groups is 1. The molecule has 0 unspecified atom stereocenters. The fourth-order valence-corrected chi connectivity index (χ4v) is 3.09. The molecule has 26 heavy (non-hydrogen) atoms. The summed E-state index contributed by atoms with van der Waals surface area (Å²) in [6, 6.07) is 17.3. The minimum absolute atomic E-state index is 0.128. The first kappa shape index (κ1) is 16.1. The third-order valence-electron chi connectivity index (χ3n) is 4.34. The largest absolute Gasteiger partial charge is 0.453 e. The summed E-state index contributed by atoms with van der Waals surface area (Å²) in [7, 11) is 1.32. The number of ether oxygens (including phenoxy) is 1. The van der Waals surface area contributed by atoms with E-state index in [1.165, 1.54) is 7.11 Å². The van der Waals surface area contributed by atoms with Crippen LogP contribution in [0.1, 0.15) is 5.69 Å². The van der Waals surface area contributed by atoms with Gasteiger partial charge in [-0.3, -0.25) is 5.32 Å². The van der Waals surface area contributed by atoms with Crippen molar-refractivity contribution >= 4 is 28.2 Å². The van der Waals surface area contributed by atoms with Gasteiger partial charge in [0.1, 0.15) is 5.65 Å². The molecule has 0 bridgehead atoms. The lowest BCUT2D eigenvalue weighted by Gasteiger charge is -2.07. The smallest absolute Gasteiger partial charge is 0.411 e. The van der Waals surface area contributed by atoms with Gasteiger partial charge in [-0.25, -0.2) is 9.78 Å². The SMILES string of the molecule is COC(=O)Nc1ccc2ccn3c(CO)c(-c4ccccc4)nc3c2c1. The number of carbonyl (C=O) groups excluding carboxylic acids is 1. The molecule has 2 heterocycles. The van der Waals surface area contributed by atoms with Crippen LogP contribution >= 0.6 is 0 Å². The Balaban J connectivity index is 1.95. The zero-order chi connectivity index (χ0) is 18.1. The van der Waals surface area contributed by atoms with Gasteiger partial charge in [0.25, 0.3) is 0 Å². The summed E-state index contributed by atoms with van der Waals surface area (Å²) in [6.45, 7) is -0.128. The first-order chi connectivity index (χ1) is 12.7. The Morgan fingerprint density at radius 2 is 2.00 bits per heavy atom. The van der Waals surface area contributed by atoms with Crippen molar-refractivity contribution in [2.24, 2.45) is 0 Å². The van der Waals surface area contributed by atoms with Gasteiger partial charge in [0, 0.05) is 22.8 Å². The van der Waals surface area contributed by atoms with Crippen LogP contribution < -0.4 is 5.32 Å². The van der Waals surface area contributed by atoms with Gasteiger partial charge >= 0.3 is 6.09 Å². The molecule has 0 aliphatic rings. The molecule has 0 saturated carbocycles. The number of nitrogens with zero attached hydrogens (tertiary/aromatic N) is 2. The Bertz CT molecular complexity index is 1100. The second-order valence-corrected chi connectivity index (χ2v) is 5.86. The van der Waals surface area contributed by atoms with Crippen LogP contribution in [0.3, 0.4) is 0 Å². The number of benzene rings is 2. The Hall–Kier alpha value is -3.38. The van der Waals surface area contributed by atoms with E-state index in [4.69, 9.17) is 4.98 Å². The Labute approximate surface area is 149 Å². The highest BCUT2D eigenvalue weighted by Crippen LogP contribution is 2.29. The van der Waals surface area contributed by atoms with Gasteiger partial charge in [-0.15, -0.1) is 0 Å². The van der Waals surface area contributed by atoms with Crippen molar-refractivity contribution in [3.8, 4) is 11.3 Å². The maximum atomic E-state index is 11.5. The van der Waals surface area contributed by atoms with Crippen LogP contribution in [0.25, 0.3) is 27.7 Å². The molecule has 0 fully saturated rings. The van der Waals surface area contributed by atoms with Crippen LogP contribution in [0.15, 0.2) is 60.8 Å². The zero-order valence-corrected chi connectivity index (χ0v) is 14.1. The van der Waals surface area contributed by atoms with Gasteiger partial charge in [0.15, 0.2) is 0 Å². The van der Waals surface area contributed by atoms with E-state index in [-0.39, 0.29) is 6.61 Å². The van der Waals surface area contributed by atoms with E-state index in [9.17, 15) is 9.90 Å². The molecular formula is C20H17N3O3. The lowest BCUT2D eigenvalue weighted by molar-refractivity contribution is 0.187. The predicted octanol–water partition coefficient (Wildman–Crippen LogP) is 3.83. The summed E-state index contributed by atoms with van der Waals surface area (Å²) in [4.78, 5) is 16.3. The van der Waals surface area contributed by atoms with E-state index >= 15 is 0 Å². The Kier molecular flexibility index (Phi) is 4.02. The molecule has 130 valence electrons. The molecule has 1 amide bonds. The number of aromatic nitrogens is 2. The summed E-state index contributed by atoms with van der Waals surface area (Å²) >= 11 is 0. The fourth-order valence-electron chi connectivity index (χ4n) is 3.09. The van der Waals surface area contributed by atoms with E-state index in [1.54, 1.807) is 0 Å². The van der Waals surface area contributed by atoms with Crippen molar-refractivity contribution in [2.75, 3.05) is 12.4 Å². The van der Waals surface area contributed by atoms with Crippen molar-refractivity contribution in [1.29, 1.82) is 0 Å². The molecular weight excluding hydrogens is 330 g/mol. The highest BCUT2D eigenvalue weighted by molar-refractivity contribution is 5.99. The van der Waals surface area contributed by atoms with Crippen molar-refractivity contribution in [3.05, 3.63) is 66.5 Å². The van der Waals surface area contributed by atoms with Crippen molar-refractivity contribution in [2.45, 2.75) is 6.61 Å². The van der Waals surface area contributed by atoms with E-state index in [1.807, 2.05) is 65.2 Å². The normalized spacial score (nSPS) is 11.0. The van der Waals surface area contributed by atoms with E-state index in [0.717, 1.165) is 33.4 Å². The molecule has 6 nitrogen and oxygen atoms in total. The number of aliphatic hydroxyl groups excluding tert-OH is 1. The van der Waals surface area contributed by atoms with E-state index in [0.29, 0.717) is 5.69 Å². The number of imidazole rings is 1. The maximum absolute atomic E-state index is 11.5. The summed E-state index contributed by atoms with van der Waals surface area (Å²) in [5.41, 5.74) is 3.75. The summed E-state index contributed by atoms with van der Waals surface area (Å²) in [5.74, 6) is 0. The minimum atomic E-state index is -0.527. The summed E-state index contributed by atoms with van der Waals surface area (Å²) in [6.07, 6.45) is 1.37. The molecule has 2 N–H and O–H groups in total. The lowest BCUT2D eigenvalue weighted by Crippen LogP contribution is -2.10. The number of methoxy groups -OCH3 is 1. The number of amides is 1. The van der Waals surface area contributed by atoms with Gasteiger partial charge in [-0.1, -0.05) is 36.4 Å². The monoisotopic (exact) mass is 347 g/mol. The molecule has 0 aliphatic carbocycles. The molecule has 0 spiro atoms. The number of pyridine rings is 1. The molecule has 0 atom stereocenters. The lowest BCUT2D eigenvalue weighted by atomic mass is 10.1. The molecule has 2 aromatic carbocycles. The Morgan fingerprint density at radius 1 is 1.19 bits per heavy atom. The standard InChI is InChI=1S/C20H17N3O3/c1-26-20(25)21-15-8-7-13-9-10-23-17(12-24)18(14-5-3-2-4-6-14)22-19(23)16(13)11-15/h2-11,24H,12H2,1H3,(H,21,25). The average Bonchev–Trinajstić information content (AvgIpc) is 3.07. The second-order valence-electron chi connectivity index (χ2n) is 5.86. The third-order valence-corrected chi connectivity index (χ3v) is 4.34. The molecule has 4 aromatic rings. The summed E-state index contributed by atoms with van der Waals surface area (Å²) < 4.78 is 6.53. The number of fused-ring (bicyclic) bond motifs is 3. The molecule has 0 saturated heterocycles. The number of anilines is 1. The van der Waals surface area contributed by atoms with Crippen LogP contribution in [0.2, 0.25) is 0 Å². The Morgan fingerprint density at radius 3 is 2.73 bits per heavy atom. The molecule has 0 aliphatic heterocycles. The number of rotatable bonds is 3. The second kappa shape index (κ2) is 6.50. The van der Waals surface area contributed by atoms with Crippen LogP contribution in [0.5, 0.6) is 0 Å². The molecule has 2 aromatic heterocycles. The van der Waals surface area contributed by atoms with Gasteiger partial charge in [0.2, 0.25) is 0 Å². The van der Waals surface area contributed by atoms with Crippen LogP contribution in [0, 0.1) is 0 Å². The molecule has 6 heteroatoms. The van der Waals surface area contributed by atoms with Crippen molar-refractivity contribution < 1.29 is 14.6 Å². The molecule has 0 radical (unpaired) electrons. The number of hydrogen-bond acceptors (Lipinski definition) is 4. The topological polar surface area (TPSA) is 75.9 Å². The number of hydrogen-bond donors (Lipinski definition) is 2. The van der Waals surface area contributed by atoms with Gasteiger partial charge in [-0.05, 0) is 23.6 Å². The van der Waals surface area contributed by atoms with Gasteiger partial charge in [-0.2, -0.15) is 0 Å². The van der Waals surface area contributed by atoms with Crippen molar-refractivity contribution in [1.82, 2.24) is 9.38 Å². The first-order valence-electron chi connectivity index (χ1n) is 8.16. The van der Waals surface area contributed by atoms with E-state index in [2.05, 4.69) is 10.1 Å². The fraction of sp³-hybridized carbons (Fsp3) is 0.100. The highest BCUT2D eigenvalue weighted by atomic mass is 16.5. The van der Waals surface area contributed by atoms with Gasteiger partial charge < -0.3 is 14.2 Å². The quantitative estimate of drug-likeness (QED) is 0.591. The third kappa shape index (κ3) is 2.66. The number of nitrogens with one attached hydrogen (secondary N) is 1. The van der Waals surface area contributed by atoms with Crippen molar-refractivity contribution in [3.63, 3.8) is 0 Å². The zero-order valence-electron chi connectivity index (χ0n) is 14.1. The van der Waals surface area contributed by atoms with E-state index < -0.39 is 6.09 Å². The van der Waals surface area contributed by atoms with Crippen LogP contribution in [0.4, 0.5) is 10.5 Å². The predicted molar refractivity (Wildman–Crippen MR) is 100 cm³/mol. The van der Waals surface area contributed by atoms with Crippen LogP contribution in [-0.4, -0.2) is 27.7 Å². The molecule has 4 rings (SSSR count). The minimum Gasteiger partial charge on any atom is -0.453 e.